The number of alkyl halides is 4. The Morgan fingerprint density at radius 2 is 1.78 bits per heavy atom. The van der Waals surface area contributed by atoms with Crippen molar-refractivity contribution in [3.63, 3.8) is 0 Å². The molecule has 2 aromatic rings. The Hall–Kier alpha value is -1.19. The summed E-state index contributed by atoms with van der Waals surface area (Å²) in [6.07, 6.45) is -4.58. The standard InChI is InChI=1S/C25H28F3INO2/c1-13(2)21-19-20(18-16(30-21)10-23(3,4)11-17(18)31)24(5,12-29)32-22(19)14-6-8-15(9-7-14)25(26,27)28/h6-9,13,17,22H,10-12H2,1-5H3/q-1. The van der Waals surface area contributed by atoms with Crippen molar-refractivity contribution < 1.29 is 23.0 Å². The molecule has 3 atom stereocenters. The van der Waals surface area contributed by atoms with Crippen molar-refractivity contribution in [3.05, 3.63) is 63.5 Å². The van der Waals surface area contributed by atoms with Crippen molar-refractivity contribution in [2.24, 2.45) is 5.41 Å². The molecule has 174 valence electrons. The van der Waals surface area contributed by atoms with Gasteiger partial charge in [-0.1, -0.05) is 74.9 Å². The first kappa shape index (κ1) is 24.0. The van der Waals surface area contributed by atoms with Crippen molar-refractivity contribution >= 4 is 22.6 Å². The zero-order chi connectivity index (χ0) is 23.6. The summed E-state index contributed by atoms with van der Waals surface area (Å²) in [6, 6.07) is 5.16. The van der Waals surface area contributed by atoms with Gasteiger partial charge < -0.3 is 9.84 Å². The molecule has 0 amide bonds. The van der Waals surface area contributed by atoms with Crippen molar-refractivity contribution in [3.8, 4) is 0 Å². The van der Waals surface area contributed by atoms with Crippen LogP contribution in [0.3, 0.4) is 0 Å². The first-order valence-corrected chi connectivity index (χ1v) is 12.4. The summed E-state index contributed by atoms with van der Waals surface area (Å²) in [6.45, 7) is 10.3. The summed E-state index contributed by atoms with van der Waals surface area (Å²) in [5, 5.41) is 13.4. The second-order valence-corrected chi connectivity index (χ2v) is 11.1. The molecule has 1 aromatic carbocycles. The van der Waals surface area contributed by atoms with E-state index in [-0.39, 0.29) is 11.3 Å². The van der Waals surface area contributed by atoms with Gasteiger partial charge in [-0.25, -0.2) is 0 Å². The van der Waals surface area contributed by atoms with Crippen LogP contribution in [0.15, 0.2) is 24.3 Å². The molecular formula is C25H28F3INO2-. The van der Waals surface area contributed by atoms with Crippen LogP contribution in [0.25, 0.3) is 0 Å². The van der Waals surface area contributed by atoms with Gasteiger partial charge in [0, 0.05) is 21.4 Å². The first-order chi connectivity index (χ1) is 14.8. The van der Waals surface area contributed by atoms with E-state index in [9.17, 15) is 18.3 Å². The molecule has 0 N–H and O–H groups in total. The van der Waals surface area contributed by atoms with E-state index in [0.717, 1.165) is 46.6 Å². The molecule has 0 spiro atoms. The third kappa shape index (κ3) is 3.98. The molecule has 3 nitrogen and oxygen atoms in total. The highest BCUT2D eigenvalue weighted by Crippen LogP contribution is 2.54. The number of fused-ring (bicyclic) bond motifs is 3. The van der Waals surface area contributed by atoms with Crippen LogP contribution in [0.4, 0.5) is 13.2 Å². The molecule has 0 radical (unpaired) electrons. The van der Waals surface area contributed by atoms with Crippen LogP contribution in [0.5, 0.6) is 0 Å². The Morgan fingerprint density at radius 3 is 2.31 bits per heavy atom. The number of nitrogens with zero attached hydrogens (tertiary/aromatic N) is 1. The third-order valence-corrected chi connectivity index (χ3v) is 8.05. The highest BCUT2D eigenvalue weighted by molar-refractivity contribution is 14.1. The highest BCUT2D eigenvalue weighted by Gasteiger charge is 2.47. The number of ether oxygens (including phenoxy) is 1. The third-order valence-electron chi connectivity index (χ3n) is 6.60. The van der Waals surface area contributed by atoms with Crippen LogP contribution in [0.2, 0.25) is 0 Å². The molecule has 0 fully saturated rings. The van der Waals surface area contributed by atoms with E-state index in [4.69, 9.17) is 9.72 Å². The van der Waals surface area contributed by atoms with E-state index >= 15 is 0 Å². The Balaban J connectivity index is 1.95. The van der Waals surface area contributed by atoms with Crippen LogP contribution >= 0.6 is 22.6 Å². The zero-order valence-electron chi connectivity index (χ0n) is 18.9. The van der Waals surface area contributed by atoms with Crippen molar-refractivity contribution in [2.45, 2.75) is 77.4 Å². The summed E-state index contributed by atoms with van der Waals surface area (Å²) in [5.74, 6) is 0.0845. The van der Waals surface area contributed by atoms with Crippen molar-refractivity contribution in [1.29, 1.82) is 0 Å². The first-order valence-electron chi connectivity index (χ1n) is 10.9. The Bertz CT molecular complexity index is 1030. The topological polar surface area (TPSA) is 45.2 Å². The SMILES string of the molecule is CC(C)c1nc2c(c3c1C(c1ccc(C(F)(F)F)cc1)OC3(C)CI)C([O-])CC(C)(C)C2. The lowest BCUT2D eigenvalue weighted by Gasteiger charge is -2.43. The average Bonchev–Trinajstić information content (AvgIpc) is 2.99. The minimum absolute atomic E-state index is 0.0845. The second kappa shape index (κ2) is 7.94. The molecule has 4 rings (SSSR count). The van der Waals surface area contributed by atoms with Crippen molar-refractivity contribution in [2.75, 3.05) is 4.43 Å². The maximum Gasteiger partial charge on any atom is 0.416 e. The number of hydrogen-bond donors (Lipinski definition) is 0. The molecule has 2 heterocycles. The van der Waals surface area contributed by atoms with Crippen LogP contribution in [0.1, 0.15) is 98.4 Å². The van der Waals surface area contributed by atoms with E-state index in [1.807, 2.05) is 6.92 Å². The molecule has 2 aliphatic rings. The van der Waals surface area contributed by atoms with E-state index in [2.05, 4.69) is 50.3 Å². The summed E-state index contributed by atoms with van der Waals surface area (Å²) < 4.78 is 46.5. The van der Waals surface area contributed by atoms with Gasteiger partial charge >= 0.3 is 6.18 Å². The van der Waals surface area contributed by atoms with E-state index in [1.165, 1.54) is 12.1 Å². The van der Waals surface area contributed by atoms with Gasteiger partial charge in [0.15, 0.2) is 0 Å². The predicted molar refractivity (Wildman–Crippen MR) is 124 cm³/mol. The van der Waals surface area contributed by atoms with E-state index in [1.54, 1.807) is 0 Å². The van der Waals surface area contributed by atoms with Crippen LogP contribution in [-0.4, -0.2) is 9.41 Å². The summed E-state index contributed by atoms with van der Waals surface area (Å²) in [7, 11) is 0. The molecule has 32 heavy (non-hydrogen) atoms. The number of aromatic nitrogens is 1. The van der Waals surface area contributed by atoms with Gasteiger partial charge in [0.25, 0.3) is 0 Å². The molecule has 1 aromatic heterocycles. The Morgan fingerprint density at radius 1 is 1.16 bits per heavy atom. The van der Waals surface area contributed by atoms with Gasteiger partial charge in [-0.05, 0) is 53.5 Å². The fourth-order valence-corrected chi connectivity index (χ4v) is 5.69. The largest absolute Gasteiger partial charge is 0.848 e. The number of hydrogen-bond acceptors (Lipinski definition) is 3. The molecule has 7 heteroatoms. The van der Waals surface area contributed by atoms with Gasteiger partial charge in [0.2, 0.25) is 0 Å². The maximum atomic E-state index is 13.4. The highest BCUT2D eigenvalue weighted by atomic mass is 127. The summed E-state index contributed by atoms with van der Waals surface area (Å²) in [4.78, 5) is 5.00. The van der Waals surface area contributed by atoms with Crippen LogP contribution in [-0.2, 0) is 22.9 Å². The second-order valence-electron chi connectivity index (χ2n) is 10.3. The molecule has 0 bridgehead atoms. The normalized spacial score (nSPS) is 26.8. The fraction of sp³-hybridized carbons (Fsp3) is 0.560. The number of pyridine rings is 1. The minimum atomic E-state index is -4.39. The molecule has 3 unspecified atom stereocenters. The number of benzene rings is 1. The molecular weight excluding hydrogens is 530 g/mol. The minimum Gasteiger partial charge on any atom is -0.848 e. The molecule has 0 saturated carbocycles. The Kier molecular flexibility index (Phi) is 5.95. The quantitative estimate of drug-likeness (QED) is 0.325. The van der Waals surface area contributed by atoms with Gasteiger partial charge in [-0.15, -0.1) is 0 Å². The summed E-state index contributed by atoms with van der Waals surface area (Å²) in [5.41, 5.74) is 3.40. The lowest BCUT2D eigenvalue weighted by Crippen LogP contribution is -2.36. The molecule has 1 aliphatic heterocycles. The van der Waals surface area contributed by atoms with Crippen LogP contribution < -0.4 is 5.11 Å². The Labute approximate surface area is 200 Å². The van der Waals surface area contributed by atoms with Gasteiger partial charge in [-0.3, -0.25) is 4.98 Å². The van der Waals surface area contributed by atoms with Crippen molar-refractivity contribution in [1.82, 2.24) is 4.98 Å². The smallest absolute Gasteiger partial charge is 0.416 e. The average molecular weight is 558 g/mol. The van der Waals surface area contributed by atoms with E-state index < -0.39 is 29.5 Å². The monoisotopic (exact) mass is 558 g/mol. The lowest BCUT2D eigenvalue weighted by atomic mass is 9.71. The van der Waals surface area contributed by atoms with Gasteiger partial charge in [-0.2, -0.15) is 13.2 Å². The molecule has 0 saturated heterocycles. The van der Waals surface area contributed by atoms with Crippen LogP contribution in [0, 0.1) is 5.41 Å². The number of halogens is 4. The summed E-state index contributed by atoms with van der Waals surface area (Å²) >= 11 is 2.27. The maximum absolute atomic E-state index is 13.4. The number of rotatable bonds is 3. The van der Waals surface area contributed by atoms with Gasteiger partial charge in [0.05, 0.1) is 5.56 Å². The zero-order valence-corrected chi connectivity index (χ0v) is 21.1. The van der Waals surface area contributed by atoms with E-state index in [0.29, 0.717) is 16.4 Å². The fourth-order valence-electron chi connectivity index (χ4n) is 5.13. The van der Waals surface area contributed by atoms with Gasteiger partial charge in [0.1, 0.15) is 11.7 Å². The predicted octanol–water partition coefficient (Wildman–Crippen LogP) is 6.37. The lowest BCUT2D eigenvalue weighted by molar-refractivity contribution is -0.434. The molecule has 1 aliphatic carbocycles.